The number of fused-ring (bicyclic) bond motifs is 2. The molecule has 8 heterocycles. The van der Waals surface area contributed by atoms with Crippen LogP contribution in [0.1, 0.15) is 63.4 Å². The van der Waals surface area contributed by atoms with Crippen LogP contribution in [0.4, 0.5) is 17.2 Å². The molecule has 5 N–H and O–H groups in total. The quantitative estimate of drug-likeness (QED) is 0.0845. The third-order valence-electron chi connectivity index (χ3n) is 15.0. The molecule has 2 bridgehead atoms. The van der Waals surface area contributed by atoms with Gasteiger partial charge in [0.25, 0.3) is 0 Å². The molecule has 6 aromatic rings. The molecule has 4 aliphatic rings. The number of phenols is 1. The van der Waals surface area contributed by atoms with Gasteiger partial charge in [-0.1, -0.05) is 50.2 Å². The maximum absolute atomic E-state index is 14.3. The molecule has 0 spiro atoms. The number of aromatic hydroxyl groups is 1. The van der Waals surface area contributed by atoms with Crippen LogP contribution in [0.3, 0.4) is 0 Å². The van der Waals surface area contributed by atoms with E-state index in [0.717, 1.165) is 98.3 Å². The minimum atomic E-state index is -0.810. The van der Waals surface area contributed by atoms with E-state index in [-0.39, 0.29) is 54.6 Å². The lowest BCUT2D eigenvalue weighted by Crippen LogP contribution is -2.54. The second-order valence-corrected chi connectivity index (χ2v) is 21.2. The first-order valence-electron chi connectivity index (χ1n) is 25.8. The molecule has 19 nitrogen and oxygen atoms in total. The fourth-order valence-electron chi connectivity index (χ4n) is 11.1. The first-order valence-corrected chi connectivity index (χ1v) is 26.7. The summed E-state index contributed by atoms with van der Waals surface area (Å²) in [6.07, 6.45) is 6.71. The normalized spacial score (nSPS) is 21.0. The fourth-order valence-corrected chi connectivity index (χ4v) is 11.9. The monoisotopic (exact) mass is 1030 g/mol. The predicted molar refractivity (Wildman–Crippen MR) is 284 cm³/mol. The Bertz CT molecular complexity index is 2880. The summed E-state index contributed by atoms with van der Waals surface area (Å²) in [6.45, 7) is 15.7. The van der Waals surface area contributed by atoms with Crippen LogP contribution in [-0.4, -0.2) is 163 Å². The van der Waals surface area contributed by atoms with Crippen molar-refractivity contribution in [2.24, 2.45) is 5.92 Å². The molecule has 10 rings (SSSR count). The Morgan fingerprint density at radius 1 is 0.892 bits per heavy atom. The van der Waals surface area contributed by atoms with Gasteiger partial charge in [0.05, 0.1) is 52.0 Å². The van der Waals surface area contributed by atoms with Gasteiger partial charge in [-0.2, -0.15) is 5.10 Å². The van der Waals surface area contributed by atoms with Crippen LogP contribution in [0.25, 0.3) is 21.7 Å². The van der Waals surface area contributed by atoms with E-state index >= 15 is 0 Å². The number of carbonyl (C=O) groups excluding carboxylic acids is 2. The summed E-state index contributed by atoms with van der Waals surface area (Å²) in [7, 11) is 0. The highest BCUT2D eigenvalue weighted by Gasteiger charge is 2.44. The number of nitrogens with one attached hydrogen (secondary N) is 1. The van der Waals surface area contributed by atoms with Crippen LogP contribution in [0.15, 0.2) is 90.8 Å². The van der Waals surface area contributed by atoms with E-state index < -0.39 is 18.2 Å². The number of nitrogen functional groups attached to an aromatic ring is 1. The molecule has 2 amide bonds. The van der Waals surface area contributed by atoms with Gasteiger partial charge in [0, 0.05) is 101 Å². The SMILES string of the molecule is Cc1ncsc1-c1ccc([C@H](C)NC(=O)[C@@H]2C[C@@H](O)CN2C(=O)[C@H](C(C)C)n2cc(OCCN3CCN(CCOc4cc(N5C6CCC5CN(c5cc(-c7ccccc7O)nnc5N)C6)ccn4)CC3)cn2)cc1. The molecule has 74 heavy (non-hydrogen) atoms. The summed E-state index contributed by atoms with van der Waals surface area (Å²) in [6, 6.07) is 20.0. The highest BCUT2D eigenvalue weighted by atomic mass is 32.1. The summed E-state index contributed by atoms with van der Waals surface area (Å²) < 4.78 is 14.0. The zero-order valence-electron chi connectivity index (χ0n) is 42.5. The molecule has 2 aromatic carbocycles. The molecule has 4 fully saturated rings. The van der Waals surface area contributed by atoms with Crippen LogP contribution in [0.2, 0.25) is 0 Å². The lowest BCUT2D eigenvalue weighted by molar-refractivity contribution is -0.142. The fraction of sp³-hybridized carbons (Fsp3) is 0.463. The van der Waals surface area contributed by atoms with E-state index in [0.29, 0.717) is 41.9 Å². The summed E-state index contributed by atoms with van der Waals surface area (Å²) in [4.78, 5) is 49.2. The number of phenolic OH excluding ortho intramolecular Hbond substituents is 1. The van der Waals surface area contributed by atoms with Crippen molar-refractivity contribution in [2.45, 2.75) is 83.3 Å². The molecule has 0 saturated carbocycles. The van der Waals surface area contributed by atoms with Crippen LogP contribution in [-0.2, 0) is 9.59 Å². The van der Waals surface area contributed by atoms with Gasteiger partial charge >= 0.3 is 0 Å². The zero-order chi connectivity index (χ0) is 51.5. The Morgan fingerprint density at radius 3 is 2.30 bits per heavy atom. The Labute approximate surface area is 435 Å². The number of aliphatic hydroxyl groups is 1. The van der Waals surface area contributed by atoms with E-state index in [1.54, 1.807) is 40.5 Å². The van der Waals surface area contributed by atoms with E-state index in [1.165, 1.54) is 4.90 Å². The third-order valence-corrected chi connectivity index (χ3v) is 16.0. The van der Waals surface area contributed by atoms with Crippen molar-refractivity contribution in [3.05, 3.63) is 102 Å². The van der Waals surface area contributed by atoms with Crippen molar-refractivity contribution in [2.75, 3.05) is 87.7 Å². The molecule has 390 valence electrons. The number of thiazole rings is 1. The van der Waals surface area contributed by atoms with Gasteiger partial charge in [-0.05, 0) is 68.0 Å². The zero-order valence-corrected chi connectivity index (χ0v) is 43.4. The van der Waals surface area contributed by atoms with Crippen molar-refractivity contribution < 1.29 is 29.3 Å². The Kier molecular flexibility index (Phi) is 15.3. The van der Waals surface area contributed by atoms with Crippen molar-refractivity contribution in [1.82, 2.24) is 50.0 Å². The molecular formula is C54H67N13O6S. The molecule has 0 radical (unpaired) electrons. The van der Waals surface area contributed by atoms with Crippen molar-refractivity contribution in [1.29, 1.82) is 0 Å². The van der Waals surface area contributed by atoms with Crippen LogP contribution >= 0.6 is 11.3 Å². The van der Waals surface area contributed by atoms with Crippen molar-refractivity contribution in [3.8, 4) is 39.1 Å². The lowest BCUT2D eigenvalue weighted by Gasteiger charge is -2.43. The van der Waals surface area contributed by atoms with E-state index in [2.05, 4.69) is 62.3 Å². The number of rotatable bonds is 18. The van der Waals surface area contributed by atoms with Crippen molar-refractivity contribution >= 4 is 40.3 Å². The molecule has 2 unspecified atom stereocenters. The molecule has 20 heteroatoms. The summed E-state index contributed by atoms with van der Waals surface area (Å²) in [5.41, 5.74) is 14.4. The van der Waals surface area contributed by atoms with Crippen LogP contribution in [0, 0.1) is 12.8 Å². The number of likely N-dealkylation sites (tertiary alicyclic amines) is 1. The van der Waals surface area contributed by atoms with E-state index in [9.17, 15) is 19.8 Å². The number of anilines is 3. The number of ether oxygens (including phenoxy) is 2. The Morgan fingerprint density at radius 2 is 1.61 bits per heavy atom. The standard InChI is InChI=1S/C54H67N13O6S/c1-34(2)50(54(71)65-31-42(68)26-47(65)53(70)59-35(3)37-9-11-38(12-10-37)51-36(4)57-33-74-51)66-32-43(28-58-66)72-23-21-62-17-19-63(20-18-62)22-24-73-49-25-39(15-16-56-49)67-40-13-14-41(67)30-64(29-40)46-27-45(60-61-52(46)55)44-7-5-6-8-48(44)69/h5-12,15-16,25,27-28,32-35,40-42,47,50,68-69H,13-14,17-24,26,29-31H2,1-4H3,(H2,55,61)(H,59,70)/t35-,40?,41?,42+,47-,50-/m0/s1. The second kappa shape index (κ2) is 22.3. The first-order chi connectivity index (χ1) is 35.9. The minimum absolute atomic E-state index is 0.0728. The second-order valence-electron chi connectivity index (χ2n) is 20.3. The van der Waals surface area contributed by atoms with Gasteiger partial charge in [-0.15, -0.1) is 21.5 Å². The van der Waals surface area contributed by atoms with Crippen LogP contribution < -0.4 is 30.3 Å². The number of aryl methyl sites for hydroxylation is 1. The smallest absolute Gasteiger partial charge is 0.248 e. The number of β-amino-alcohol motifs (C(OH)–C–C–N with tert-alkyl or cyclic N) is 1. The summed E-state index contributed by atoms with van der Waals surface area (Å²) in [5, 5.41) is 37.4. The molecule has 4 saturated heterocycles. The number of amides is 2. The van der Waals surface area contributed by atoms with Gasteiger partial charge in [-0.3, -0.25) is 24.1 Å². The van der Waals surface area contributed by atoms with Crippen molar-refractivity contribution in [3.63, 3.8) is 0 Å². The number of nitrogens with two attached hydrogens (primary N) is 1. The lowest BCUT2D eigenvalue weighted by atomic mass is 10.0. The minimum Gasteiger partial charge on any atom is -0.507 e. The number of para-hydroxylation sites is 1. The largest absolute Gasteiger partial charge is 0.507 e. The summed E-state index contributed by atoms with van der Waals surface area (Å²) >= 11 is 1.59. The predicted octanol–water partition coefficient (Wildman–Crippen LogP) is 5.42. The van der Waals surface area contributed by atoms with Crippen LogP contribution in [0.5, 0.6) is 17.4 Å². The number of pyridine rings is 1. The van der Waals surface area contributed by atoms with Gasteiger partial charge in [0.15, 0.2) is 11.6 Å². The topological polar surface area (TPSA) is 217 Å². The number of carbonyl (C=O) groups is 2. The average Bonchev–Trinajstić information content (AvgIpc) is 4.20. The number of piperazine rings is 2. The molecule has 0 aliphatic carbocycles. The number of benzene rings is 2. The maximum atomic E-state index is 14.3. The number of hydrogen-bond donors (Lipinski definition) is 4. The molecular weight excluding hydrogens is 959 g/mol. The van der Waals surface area contributed by atoms with Gasteiger partial charge in [0.1, 0.15) is 31.0 Å². The Balaban J connectivity index is 0.655. The summed E-state index contributed by atoms with van der Waals surface area (Å²) in [5.74, 6) is 1.03. The van der Waals surface area contributed by atoms with Gasteiger partial charge in [-0.25, -0.2) is 9.97 Å². The maximum Gasteiger partial charge on any atom is 0.248 e. The average molecular weight is 1030 g/mol. The highest BCUT2D eigenvalue weighted by Crippen LogP contribution is 2.40. The molecule has 4 aromatic heterocycles. The Hall–Kier alpha value is -6.87. The number of aromatic nitrogens is 6. The number of hydrogen-bond acceptors (Lipinski definition) is 17. The van der Waals surface area contributed by atoms with E-state index in [4.69, 9.17) is 15.2 Å². The number of aliphatic hydroxyl groups excluding tert-OH is 1. The first kappa shape index (κ1) is 50.7. The number of nitrogens with zero attached hydrogens (tertiary/aromatic N) is 11. The van der Waals surface area contributed by atoms with Gasteiger partial charge in [0.2, 0.25) is 17.7 Å². The molecule has 4 aliphatic heterocycles. The van der Waals surface area contributed by atoms with E-state index in [1.807, 2.05) is 81.9 Å². The van der Waals surface area contributed by atoms with Gasteiger partial charge < -0.3 is 45.4 Å². The molecule has 6 atom stereocenters. The third kappa shape index (κ3) is 11.1. The highest BCUT2D eigenvalue weighted by molar-refractivity contribution is 7.13.